The summed E-state index contributed by atoms with van der Waals surface area (Å²) in [7, 11) is 1.83. The van der Waals surface area contributed by atoms with E-state index < -0.39 is 0 Å². The predicted molar refractivity (Wildman–Crippen MR) is 46.7 cm³/mol. The van der Waals surface area contributed by atoms with Crippen LogP contribution in [0.5, 0.6) is 0 Å². The number of nitrogens with one attached hydrogen (secondary N) is 1. The second-order valence-corrected chi connectivity index (χ2v) is 3.32. The Morgan fingerprint density at radius 3 is 2.91 bits per heavy atom. The van der Waals surface area contributed by atoms with Crippen LogP contribution in [0.1, 0.15) is 26.2 Å². The van der Waals surface area contributed by atoms with Crippen LogP contribution in [0.25, 0.3) is 0 Å². The Labute approximate surface area is 69.3 Å². The van der Waals surface area contributed by atoms with E-state index in [1.807, 2.05) is 7.11 Å². The van der Waals surface area contributed by atoms with Crippen LogP contribution >= 0.6 is 0 Å². The average molecular weight is 157 g/mol. The Kier molecular flexibility index (Phi) is 3.87. The molecule has 0 saturated carbocycles. The summed E-state index contributed by atoms with van der Waals surface area (Å²) in [4.78, 5) is 0. The molecule has 2 nitrogen and oxygen atoms in total. The molecule has 1 saturated heterocycles. The van der Waals surface area contributed by atoms with Crippen molar-refractivity contribution in [2.45, 2.75) is 32.3 Å². The van der Waals surface area contributed by atoms with Crippen molar-refractivity contribution < 1.29 is 4.74 Å². The molecule has 1 heterocycles. The third-order valence-corrected chi connectivity index (χ3v) is 2.50. The average Bonchev–Trinajstić information content (AvgIpc) is 2.52. The molecule has 1 aliphatic heterocycles. The number of hydrogen-bond donors (Lipinski definition) is 1. The van der Waals surface area contributed by atoms with E-state index in [0.717, 1.165) is 12.5 Å². The van der Waals surface area contributed by atoms with Crippen molar-refractivity contribution in [3.63, 3.8) is 0 Å². The van der Waals surface area contributed by atoms with Gasteiger partial charge in [-0.15, -0.1) is 0 Å². The van der Waals surface area contributed by atoms with Gasteiger partial charge in [-0.2, -0.15) is 0 Å². The van der Waals surface area contributed by atoms with Gasteiger partial charge >= 0.3 is 0 Å². The molecule has 11 heavy (non-hydrogen) atoms. The van der Waals surface area contributed by atoms with E-state index in [2.05, 4.69) is 12.2 Å². The van der Waals surface area contributed by atoms with E-state index in [-0.39, 0.29) is 0 Å². The van der Waals surface area contributed by atoms with Crippen LogP contribution in [-0.4, -0.2) is 26.3 Å². The lowest BCUT2D eigenvalue weighted by Gasteiger charge is -2.20. The summed E-state index contributed by atoms with van der Waals surface area (Å²) in [5, 5.41) is 3.37. The molecular weight excluding hydrogens is 138 g/mol. The van der Waals surface area contributed by atoms with Crippen molar-refractivity contribution in [1.29, 1.82) is 0 Å². The SMILES string of the molecule is CCCC(OC)C1CCNC1. The Hall–Kier alpha value is -0.0800. The minimum absolute atomic E-state index is 0.495. The van der Waals surface area contributed by atoms with Crippen LogP contribution in [-0.2, 0) is 4.74 Å². The topological polar surface area (TPSA) is 21.3 Å². The van der Waals surface area contributed by atoms with E-state index in [1.165, 1.54) is 25.8 Å². The maximum Gasteiger partial charge on any atom is 0.0612 e. The van der Waals surface area contributed by atoms with E-state index in [0.29, 0.717) is 6.10 Å². The summed E-state index contributed by atoms with van der Waals surface area (Å²) >= 11 is 0. The summed E-state index contributed by atoms with van der Waals surface area (Å²) in [6.07, 6.45) is 4.23. The second kappa shape index (κ2) is 4.73. The smallest absolute Gasteiger partial charge is 0.0612 e. The van der Waals surface area contributed by atoms with Gasteiger partial charge in [-0.05, 0) is 25.3 Å². The zero-order valence-electron chi connectivity index (χ0n) is 7.60. The van der Waals surface area contributed by atoms with E-state index in [9.17, 15) is 0 Å². The molecule has 0 spiro atoms. The molecule has 0 aromatic heterocycles. The molecule has 0 aliphatic carbocycles. The number of ether oxygens (including phenoxy) is 1. The third-order valence-electron chi connectivity index (χ3n) is 2.50. The maximum atomic E-state index is 5.43. The van der Waals surface area contributed by atoms with Crippen LogP contribution in [0.15, 0.2) is 0 Å². The number of rotatable bonds is 4. The quantitative estimate of drug-likeness (QED) is 0.666. The van der Waals surface area contributed by atoms with Crippen molar-refractivity contribution in [2.24, 2.45) is 5.92 Å². The predicted octanol–water partition coefficient (Wildman–Crippen LogP) is 1.41. The van der Waals surface area contributed by atoms with E-state index in [1.54, 1.807) is 0 Å². The van der Waals surface area contributed by atoms with Crippen LogP contribution in [0.2, 0.25) is 0 Å². The molecule has 1 rings (SSSR count). The molecule has 0 aromatic carbocycles. The second-order valence-electron chi connectivity index (χ2n) is 3.32. The lowest BCUT2D eigenvalue weighted by Crippen LogP contribution is -2.24. The van der Waals surface area contributed by atoms with Crippen molar-refractivity contribution in [2.75, 3.05) is 20.2 Å². The zero-order valence-corrected chi connectivity index (χ0v) is 7.60. The number of hydrogen-bond acceptors (Lipinski definition) is 2. The van der Waals surface area contributed by atoms with Gasteiger partial charge in [0.2, 0.25) is 0 Å². The highest BCUT2D eigenvalue weighted by Gasteiger charge is 2.23. The van der Waals surface area contributed by atoms with Gasteiger partial charge in [0.05, 0.1) is 6.10 Å². The summed E-state index contributed by atoms with van der Waals surface area (Å²) in [5.41, 5.74) is 0. The molecule has 0 radical (unpaired) electrons. The Morgan fingerprint density at radius 2 is 2.45 bits per heavy atom. The van der Waals surface area contributed by atoms with Gasteiger partial charge in [-0.1, -0.05) is 13.3 Å². The van der Waals surface area contributed by atoms with Gasteiger partial charge in [-0.3, -0.25) is 0 Å². The van der Waals surface area contributed by atoms with Crippen molar-refractivity contribution in [3.8, 4) is 0 Å². The first kappa shape index (κ1) is 9.01. The molecule has 0 amide bonds. The standard InChI is InChI=1S/C9H19NO/c1-3-4-9(11-2)8-5-6-10-7-8/h8-10H,3-7H2,1-2H3. The molecule has 2 unspecified atom stereocenters. The van der Waals surface area contributed by atoms with Gasteiger partial charge in [-0.25, -0.2) is 0 Å². The van der Waals surface area contributed by atoms with Crippen LogP contribution in [0.3, 0.4) is 0 Å². The van der Waals surface area contributed by atoms with Gasteiger partial charge in [0, 0.05) is 13.7 Å². The summed E-state index contributed by atoms with van der Waals surface area (Å²) in [5.74, 6) is 0.764. The van der Waals surface area contributed by atoms with Crippen LogP contribution < -0.4 is 5.32 Å². The molecule has 2 atom stereocenters. The summed E-state index contributed by atoms with van der Waals surface area (Å²) in [6, 6.07) is 0. The summed E-state index contributed by atoms with van der Waals surface area (Å²) < 4.78 is 5.43. The molecule has 66 valence electrons. The summed E-state index contributed by atoms with van der Waals surface area (Å²) in [6.45, 7) is 4.54. The van der Waals surface area contributed by atoms with Crippen LogP contribution in [0, 0.1) is 5.92 Å². The highest BCUT2D eigenvalue weighted by Crippen LogP contribution is 2.18. The number of methoxy groups -OCH3 is 1. The Morgan fingerprint density at radius 1 is 1.64 bits per heavy atom. The van der Waals surface area contributed by atoms with Gasteiger partial charge < -0.3 is 10.1 Å². The highest BCUT2D eigenvalue weighted by molar-refractivity contribution is 4.78. The fourth-order valence-electron chi connectivity index (χ4n) is 1.82. The zero-order chi connectivity index (χ0) is 8.10. The monoisotopic (exact) mass is 157 g/mol. The molecule has 1 aliphatic rings. The van der Waals surface area contributed by atoms with Crippen molar-refractivity contribution >= 4 is 0 Å². The van der Waals surface area contributed by atoms with E-state index in [4.69, 9.17) is 4.74 Å². The molecular formula is C9H19NO. The largest absolute Gasteiger partial charge is 0.381 e. The first-order valence-corrected chi connectivity index (χ1v) is 4.62. The third kappa shape index (κ3) is 2.46. The lowest BCUT2D eigenvalue weighted by molar-refractivity contribution is 0.0517. The fraction of sp³-hybridized carbons (Fsp3) is 1.00. The van der Waals surface area contributed by atoms with Gasteiger partial charge in [0.1, 0.15) is 0 Å². The van der Waals surface area contributed by atoms with Crippen LogP contribution in [0.4, 0.5) is 0 Å². The molecule has 0 aromatic rings. The fourth-order valence-corrected chi connectivity index (χ4v) is 1.82. The first-order valence-electron chi connectivity index (χ1n) is 4.62. The van der Waals surface area contributed by atoms with Gasteiger partial charge in [0.15, 0.2) is 0 Å². The lowest BCUT2D eigenvalue weighted by atomic mass is 9.98. The maximum absolute atomic E-state index is 5.43. The highest BCUT2D eigenvalue weighted by atomic mass is 16.5. The minimum atomic E-state index is 0.495. The first-order chi connectivity index (χ1) is 5.38. The van der Waals surface area contributed by atoms with Crippen molar-refractivity contribution in [3.05, 3.63) is 0 Å². The minimum Gasteiger partial charge on any atom is -0.381 e. The Balaban J connectivity index is 2.27. The Bertz CT molecular complexity index is 99.7. The van der Waals surface area contributed by atoms with Gasteiger partial charge in [0.25, 0.3) is 0 Å². The molecule has 1 fully saturated rings. The molecule has 1 N–H and O–H groups in total. The van der Waals surface area contributed by atoms with E-state index >= 15 is 0 Å². The molecule has 2 heteroatoms. The normalized spacial score (nSPS) is 27.3. The molecule has 0 bridgehead atoms. The van der Waals surface area contributed by atoms with Crippen molar-refractivity contribution in [1.82, 2.24) is 5.32 Å².